The Bertz CT molecular complexity index is 314. The molecule has 0 aliphatic heterocycles. The molecular formula is C10H19IN4O. The van der Waals surface area contributed by atoms with Gasteiger partial charge in [0.2, 0.25) is 5.82 Å². The van der Waals surface area contributed by atoms with E-state index in [0.717, 1.165) is 13.0 Å². The highest BCUT2D eigenvalue weighted by atomic mass is 127. The third-order valence-electron chi connectivity index (χ3n) is 2.08. The van der Waals surface area contributed by atoms with Crippen molar-refractivity contribution in [3.05, 3.63) is 5.82 Å². The van der Waals surface area contributed by atoms with Crippen molar-refractivity contribution >= 4 is 23.0 Å². The lowest BCUT2D eigenvalue weighted by atomic mass is 10.1. The first-order valence-corrected chi connectivity index (χ1v) is 6.46. The van der Waals surface area contributed by atoms with Crippen molar-refractivity contribution < 1.29 is 3.07 Å². The van der Waals surface area contributed by atoms with E-state index in [0.29, 0.717) is 17.7 Å². The van der Waals surface area contributed by atoms with Gasteiger partial charge < -0.3 is 3.07 Å². The van der Waals surface area contributed by atoms with Gasteiger partial charge >= 0.3 is 0 Å². The van der Waals surface area contributed by atoms with Crippen LogP contribution in [0.1, 0.15) is 46.0 Å². The number of tetrazole rings is 1. The van der Waals surface area contributed by atoms with E-state index in [-0.39, 0.29) is 6.10 Å². The van der Waals surface area contributed by atoms with Crippen LogP contribution in [-0.4, -0.2) is 20.2 Å². The van der Waals surface area contributed by atoms with Crippen molar-refractivity contribution in [3.63, 3.8) is 0 Å². The molecule has 5 nitrogen and oxygen atoms in total. The van der Waals surface area contributed by atoms with E-state index in [1.54, 1.807) is 4.80 Å². The Hall–Kier alpha value is -0.240. The summed E-state index contributed by atoms with van der Waals surface area (Å²) in [6, 6.07) is 0. The monoisotopic (exact) mass is 338 g/mol. The first-order chi connectivity index (χ1) is 7.52. The molecule has 6 heteroatoms. The SMILES string of the molecule is CC(C)CC(OI)c1nnn(CC(C)C)n1. The van der Waals surface area contributed by atoms with Crippen molar-refractivity contribution in [2.45, 2.75) is 46.8 Å². The molecule has 0 aliphatic carbocycles. The van der Waals surface area contributed by atoms with Crippen LogP contribution in [0.15, 0.2) is 0 Å². The van der Waals surface area contributed by atoms with Gasteiger partial charge in [0.1, 0.15) is 29.1 Å². The van der Waals surface area contributed by atoms with Crippen LogP contribution in [0.2, 0.25) is 0 Å². The van der Waals surface area contributed by atoms with Crippen LogP contribution in [0, 0.1) is 11.8 Å². The second-order valence-corrected chi connectivity index (χ2v) is 5.31. The number of nitrogens with zero attached hydrogens (tertiary/aromatic N) is 4. The molecular weight excluding hydrogens is 319 g/mol. The molecule has 0 radical (unpaired) electrons. The quantitative estimate of drug-likeness (QED) is 0.749. The molecule has 0 bridgehead atoms. The lowest BCUT2D eigenvalue weighted by Gasteiger charge is -2.11. The van der Waals surface area contributed by atoms with Gasteiger partial charge in [0, 0.05) is 0 Å². The van der Waals surface area contributed by atoms with E-state index in [9.17, 15) is 0 Å². The third kappa shape index (κ3) is 4.32. The van der Waals surface area contributed by atoms with Crippen LogP contribution in [0.25, 0.3) is 0 Å². The molecule has 1 rings (SSSR count). The molecule has 0 saturated heterocycles. The molecule has 1 aromatic rings. The van der Waals surface area contributed by atoms with Crippen LogP contribution < -0.4 is 0 Å². The molecule has 0 aromatic carbocycles. The lowest BCUT2D eigenvalue weighted by Crippen LogP contribution is -2.09. The fraction of sp³-hybridized carbons (Fsp3) is 0.900. The summed E-state index contributed by atoms with van der Waals surface area (Å²) in [5, 5.41) is 12.4. The standard InChI is InChI=1S/C10H19IN4O/c1-7(2)5-9(16-11)10-12-14-15(13-10)6-8(3)4/h7-9H,5-6H2,1-4H3. The lowest BCUT2D eigenvalue weighted by molar-refractivity contribution is 0.234. The molecule has 1 unspecified atom stereocenters. The number of hydrogen-bond acceptors (Lipinski definition) is 4. The molecule has 92 valence electrons. The third-order valence-corrected chi connectivity index (χ3v) is 2.69. The Morgan fingerprint density at radius 3 is 2.44 bits per heavy atom. The maximum atomic E-state index is 5.36. The Labute approximate surface area is 111 Å². The topological polar surface area (TPSA) is 52.8 Å². The predicted octanol–water partition coefficient (Wildman–Crippen LogP) is 2.78. The van der Waals surface area contributed by atoms with Crippen LogP contribution in [0.4, 0.5) is 0 Å². The van der Waals surface area contributed by atoms with Gasteiger partial charge in [0.05, 0.1) is 6.54 Å². The number of aromatic nitrogens is 4. The largest absolute Gasteiger partial charge is 0.304 e. The fourth-order valence-electron chi connectivity index (χ4n) is 1.40. The maximum absolute atomic E-state index is 5.36. The Morgan fingerprint density at radius 2 is 1.94 bits per heavy atom. The van der Waals surface area contributed by atoms with Gasteiger partial charge in [-0.2, -0.15) is 4.80 Å². The highest BCUT2D eigenvalue weighted by molar-refractivity contribution is 14.1. The molecule has 0 spiro atoms. The minimum Gasteiger partial charge on any atom is -0.304 e. The summed E-state index contributed by atoms with van der Waals surface area (Å²) in [7, 11) is 0. The maximum Gasteiger partial charge on any atom is 0.204 e. The minimum absolute atomic E-state index is 0.0542. The zero-order valence-electron chi connectivity index (χ0n) is 10.2. The molecule has 0 aliphatic rings. The molecule has 0 amide bonds. The summed E-state index contributed by atoms with van der Waals surface area (Å²) in [4.78, 5) is 1.64. The van der Waals surface area contributed by atoms with E-state index in [2.05, 4.69) is 43.1 Å². The molecule has 0 saturated carbocycles. The van der Waals surface area contributed by atoms with E-state index >= 15 is 0 Å². The number of hydrogen-bond donors (Lipinski definition) is 0. The van der Waals surface area contributed by atoms with E-state index in [4.69, 9.17) is 3.07 Å². The van der Waals surface area contributed by atoms with Gasteiger partial charge in [-0.25, -0.2) is 0 Å². The van der Waals surface area contributed by atoms with Crippen molar-refractivity contribution in [1.82, 2.24) is 20.2 Å². The number of halogens is 1. The van der Waals surface area contributed by atoms with Gasteiger partial charge in [0.15, 0.2) is 0 Å². The molecule has 16 heavy (non-hydrogen) atoms. The Kier molecular flexibility index (Phi) is 5.60. The zero-order chi connectivity index (χ0) is 12.1. The van der Waals surface area contributed by atoms with Crippen molar-refractivity contribution in [1.29, 1.82) is 0 Å². The predicted molar refractivity (Wildman–Crippen MR) is 70.0 cm³/mol. The van der Waals surface area contributed by atoms with Gasteiger partial charge in [-0.15, -0.1) is 10.2 Å². The first-order valence-electron chi connectivity index (χ1n) is 5.58. The molecule has 1 heterocycles. The van der Waals surface area contributed by atoms with Crippen molar-refractivity contribution in [2.24, 2.45) is 11.8 Å². The van der Waals surface area contributed by atoms with Gasteiger partial charge in [-0.05, 0) is 23.5 Å². The van der Waals surface area contributed by atoms with Crippen LogP contribution >= 0.6 is 23.0 Å². The summed E-state index contributed by atoms with van der Waals surface area (Å²) < 4.78 is 5.36. The van der Waals surface area contributed by atoms with E-state index < -0.39 is 0 Å². The second-order valence-electron chi connectivity index (χ2n) is 4.80. The Balaban J connectivity index is 2.66. The van der Waals surface area contributed by atoms with Crippen LogP contribution in [0.3, 0.4) is 0 Å². The molecule has 0 fully saturated rings. The smallest absolute Gasteiger partial charge is 0.204 e. The van der Waals surface area contributed by atoms with E-state index in [1.807, 2.05) is 23.0 Å². The van der Waals surface area contributed by atoms with Gasteiger partial charge in [0.25, 0.3) is 0 Å². The average Bonchev–Trinajstić information content (AvgIpc) is 2.61. The summed E-state index contributed by atoms with van der Waals surface area (Å²) in [6.45, 7) is 9.36. The van der Waals surface area contributed by atoms with Crippen molar-refractivity contribution in [3.8, 4) is 0 Å². The Morgan fingerprint density at radius 1 is 1.25 bits per heavy atom. The summed E-state index contributed by atoms with van der Waals surface area (Å²) in [5.41, 5.74) is 0. The molecule has 1 aromatic heterocycles. The minimum atomic E-state index is -0.0542. The highest BCUT2D eigenvalue weighted by Gasteiger charge is 2.19. The van der Waals surface area contributed by atoms with Gasteiger partial charge in [-0.1, -0.05) is 27.7 Å². The molecule has 0 N–H and O–H groups in total. The van der Waals surface area contributed by atoms with Crippen LogP contribution in [-0.2, 0) is 9.61 Å². The van der Waals surface area contributed by atoms with Crippen molar-refractivity contribution in [2.75, 3.05) is 0 Å². The van der Waals surface area contributed by atoms with E-state index in [1.165, 1.54) is 0 Å². The number of rotatable bonds is 6. The summed E-state index contributed by atoms with van der Waals surface area (Å²) in [6.07, 6.45) is 0.859. The highest BCUT2D eigenvalue weighted by Crippen LogP contribution is 2.24. The average molecular weight is 338 g/mol. The summed E-state index contributed by atoms with van der Waals surface area (Å²) in [5.74, 6) is 1.76. The first kappa shape index (κ1) is 13.8. The normalized spacial score (nSPS) is 13.7. The van der Waals surface area contributed by atoms with Crippen LogP contribution in [0.5, 0.6) is 0 Å². The zero-order valence-corrected chi connectivity index (χ0v) is 12.4. The van der Waals surface area contributed by atoms with Gasteiger partial charge in [-0.3, -0.25) is 0 Å². The molecule has 1 atom stereocenters. The summed E-state index contributed by atoms with van der Waals surface area (Å²) >= 11 is 1.90. The fourth-order valence-corrected chi connectivity index (χ4v) is 1.83. The second kappa shape index (κ2) is 6.48.